The Bertz CT molecular complexity index is 1480. The molecule has 1 fully saturated rings. The molecule has 42 heavy (non-hydrogen) atoms. The number of primary sulfonamides is 1. The number of benzene rings is 3. The fourth-order valence-corrected chi connectivity index (χ4v) is 5.67. The van der Waals surface area contributed by atoms with Gasteiger partial charge in [0.15, 0.2) is 5.11 Å². The molecule has 3 N–H and O–H groups in total. The van der Waals surface area contributed by atoms with Crippen LogP contribution in [0.3, 0.4) is 0 Å². The number of hydrogen-bond donors (Lipinski definition) is 2. The summed E-state index contributed by atoms with van der Waals surface area (Å²) in [6.07, 6.45) is 4.88. The summed E-state index contributed by atoms with van der Waals surface area (Å²) in [4.78, 5) is 30.0. The number of hydrogen-bond acceptors (Lipinski definition) is 6. The van der Waals surface area contributed by atoms with Gasteiger partial charge >= 0.3 is 0 Å². The minimum absolute atomic E-state index is 0.0227. The topological polar surface area (TPSA) is 122 Å². The minimum Gasteiger partial charge on any atom is -0.494 e. The number of nitrogens with two attached hydrogens (primary N) is 1. The minimum atomic E-state index is -3.80. The zero-order valence-corrected chi connectivity index (χ0v) is 25.2. The van der Waals surface area contributed by atoms with Crippen LogP contribution in [0, 0.1) is 0 Å². The van der Waals surface area contributed by atoms with E-state index in [-0.39, 0.29) is 23.1 Å². The van der Waals surface area contributed by atoms with Crippen molar-refractivity contribution < 1.29 is 22.7 Å². The first-order chi connectivity index (χ1) is 20.2. The Labute approximate surface area is 252 Å². The highest BCUT2D eigenvalue weighted by molar-refractivity contribution is 7.89. The number of amides is 2. The Balaban J connectivity index is 1.43. The molecule has 4 rings (SSSR count). The third-order valence-corrected chi connectivity index (χ3v) is 8.36. The molecule has 0 bridgehead atoms. The zero-order valence-electron chi connectivity index (χ0n) is 23.6. The van der Waals surface area contributed by atoms with Crippen LogP contribution < -0.4 is 20.1 Å². The van der Waals surface area contributed by atoms with Crippen LogP contribution in [0.1, 0.15) is 44.6 Å². The van der Waals surface area contributed by atoms with E-state index in [4.69, 9.17) is 22.1 Å². The fourth-order valence-electron chi connectivity index (χ4n) is 4.74. The second-order valence-electron chi connectivity index (χ2n) is 10.1. The highest BCUT2D eigenvalue weighted by Gasteiger charge is 2.43. The molecule has 222 valence electrons. The quantitative estimate of drug-likeness (QED) is 0.198. The standard InChI is InChI=1S/C31H36N4O5S2/c1-2-3-4-8-21-40-26-15-13-24(14-16-26)33-29(36)22-28-30(37)35(25-9-6-5-7-10-25)31(41)34(28)20-19-23-11-17-27(18-12-23)42(32,38)39/h5-7,9-18,28H,2-4,8,19-22H2,1H3,(H,33,36)(H2,32,38,39)/t28-/m1/s1. The molecule has 1 aliphatic rings. The molecule has 0 aliphatic carbocycles. The molecule has 0 saturated carbocycles. The van der Waals surface area contributed by atoms with Crippen LogP contribution in [-0.2, 0) is 26.0 Å². The van der Waals surface area contributed by atoms with Gasteiger partial charge in [0.2, 0.25) is 15.9 Å². The number of para-hydroxylation sites is 1. The van der Waals surface area contributed by atoms with Crippen LogP contribution in [0.2, 0.25) is 0 Å². The Morgan fingerprint density at radius 3 is 2.31 bits per heavy atom. The summed E-state index contributed by atoms with van der Waals surface area (Å²) >= 11 is 5.73. The molecule has 3 aromatic rings. The van der Waals surface area contributed by atoms with Gasteiger partial charge in [-0.25, -0.2) is 13.6 Å². The van der Waals surface area contributed by atoms with Crippen LogP contribution in [0.15, 0.2) is 83.8 Å². The van der Waals surface area contributed by atoms with Gasteiger partial charge in [0.25, 0.3) is 5.91 Å². The van der Waals surface area contributed by atoms with Gasteiger partial charge in [-0.1, -0.05) is 56.5 Å². The summed E-state index contributed by atoms with van der Waals surface area (Å²) in [6.45, 7) is 3.17. The lowest BCUT2D eigenvalue weighted by Crippen LogP contribution is -2.39. The van der Waals surface area contributed by atoms with Crippen LogP contribution in [0.5, 0.6) is 5.75 Å². The van der Waals surface area contributed by atoms with E-state index in [9.17, 15) is 18.0 Å². The lowest BCUT2D eigenvalue weighted by molar-refractivity contribution is -0.124. The number of nitrogens with one attached hydrogen (secondary N) is 1. The van der Waals surface area contributed by atoms with Crippen LogP contribution in [0.25, 0.3) is 0 Å². The van der Waals surface area contributed by atoms with E-state index in [0.29, 0.717) is 36.1 Å². The first kappa shape index (κ1) is 31.1. The Hall–Kier alpha value is -3.80. The van der Waals surface area contributed by atoms with Gasteiger partial charge in [0.05, 0.1) is 23.6 Å². The van der Waals surface area contributed by atoms with Gasteiger partial charge in [0.1, 0.15) is 11.8 Å². The number of thiocarbonyl (C=S) groups is 1. The van der Waals surface area contributed by atoms with E-state index >= 15 is 0 Å². The maximum absolute atomic E-state index is 13.6. The third-order valence-electron chi connectivity index (χ3n) is 7.01. The van der Waals surface area contributed by atoms with E-state index < -0.39 is 16.1 Å². The monoisotopic (exact) mass is 608 g/mol. The number of carbonyl (C=O) groups is 2. The van der Waals surface area contributed by atoms with Gasteiger partial charge in [-0.3, -0.25) is 14.5 Å². The number of carbonyl (C=O) groups excluding carboxylic acids is 2. The van der Waals surface area contributed by atoms with E-state index in [2.05, 4.69) is 12.2 Å². The van der Waals surface area contributed by atoms with E-state index in [1.807, 2.05) is 30.3 Å². The number of rotatable bonds is 14. The predicted octanol–water partition coefficient (Wildman–Crippen LogP) is 4.87. The molecule has 0 unspecified atom stereocenters. The molecule has 9 nitrogen and oxygen atoms in total. The number of nitrogens with zero attached hydrogens (tertiary/aromatic N) is 2. The van der Waals surface area contributed by atoms with Gasteiger partial charge in [-0.15, -0.1) is 0 Å². The van der Waals surface area contributed by atoms with Crippen molar-refractivity contribution in [1.29, 1.82) is 0 Å². The second-order valence-corrected chi connectivity index (χ2v) is 12.1. The lowest BCUT2D eigenvalue weighted by atomic mass is 10.1. The van der Waals surface area contributed by atoms with Gasteiger partial charge in [-0.05, 0) is 79.2 Å². The van der Waals surface area contributed by atoms with E-state index in [1.54, 1.807) is 41.3 Å². The molecule has 2 amide bonds. The van der Waals surface area contributed by atoms with Crippen molar-refractivity contribution in [3.05, 3.63) is 84.4 Å². The third kappa shape index (κ3) is 8.15. The van der Waals surface area contributed by atoms with Crippen LogP contribution >= 0.6 is 12.2 Å². The highest BCUT2D eigenvalue weighted by atomic mass is 32.2. The van der Waals surface area contributed by atoms with E-state index in [0.717, 1.165) is 24.2 Å². The number of anilines is 2. The van der Waals surface area contributed by atoms with Crippen molar-refractivity contribution in [3.63, 3.8) is 0 Å². The van der Waals surface area contributed by atoms with Crippen molar-refractivity contribution in [3.8, 4) is 5.75 Å². The summed E-state index contributed by atoms with van der Waals surface area (Å²) in [7, 11) is -3.80. The maximum Gasteiger partial charge on any atom is 0.256 e. The van der Waals surface area contributed by atoms with Crippen molar-refractivity contribution >= 4 is 50.5 Å². The summed E-state index contributed by atoms with van der Waals surface area (Å²) in [6, 6.07) is 21.7. The Morgan fingerprint density at radius 1 is 0.976 bits per heavy atom. The first-order valence-electron chi connectivity index (χ1n) is 14.0. The van der Waals surface area contributed by atoms with Crippen molar-refractivity contribution in [1.82, 2.24) is 4.90 Å². The summed E-state index contributed by atoms with van der Waals surface area (Å²) in [5.41, 5.74) is 2.07. The van der Waals surface area contributed by atoms with Crippen molar-refractivity contribution in [2.75, 3.05) is 23.4 Å². The fraction of sp³-hybridized carbons (Fsp3) is 0.323. The number of sulfonamides is 1. The SMILES string of the molecule is CCCCCCOc1ccc(NC(=O)C[C@@H]2C(=O)N(c3ccccc3)C(=S)N2CCc2ccc(S(N)(=O)=O)cc2)cc1. The molecule has 3 aromatic carbocycles. The molecular formula is C31H36N4O5S2. The molecule has 1 heterocycles. The molecule has 0 radical (unpaired) electrons. The van der Waals surface area contributed by atoms with Crippen molar-refractivity contribution in [2.24, 2.45) is 5.14 Å². The van der Waals surface area contributed by atoms with Crippen molar-refractivity contribution in [2.45, 2.75) is 56.4 Å². The Morgan fingerprint density at radius 2 is 1.67 bits per heavy atom. The Kier molecular flexibility index (Phi) is 10.7. The van der Waals surface area contributed by atoms with Crippen LogP contribution in [0.4, 0.5) is 11.4 Å². The highest BCUT2D eigenvalue weighted by Crippen LogP contribution is 2.28. The number of unbranched alkanes of at least 4 members (excludes halogenated alkanes) is 3. The smallest absolute Gasteiger partial charge is 0.256 e. The maximum atomic E-state index is 13.6. The molecule has 1 aliphatic heterocycles. The van der Waals surface area contributed by atoms with Gasteiger partial charge in [0, 0.05) is 12.2 Å². The zero-order chi connectivity index (χ0) is 30.1. The molecule has 0 aromatic heterocycles. The first-order valence-corrected chi connectivity index (χ1v) is 16.0. The summed E-state index contributed by atoms with van der Waals surface area (Å²) < 4.78 is 29.0. The largest absolute Gasteiger partial charge is 0.494 e. The molecule has 0 spiro atoms. The summed E-state index contributed by atoms with van der Waals surface area (Å²) in [5, 5.41) is 8.40. The molecule has 1 atom stereocenters. The van der Waals surface area contributed by atoms with E-state index in [1.165, 1.54) is 29.9 Å². The summed E-state index contributed by atoms with van der Waals surface area (Å²) in [5.74, 6) is 0.141. The van der Waals surface area contributed by atoms with Crippen LogP contribution in [-0.4, -0.2) is 49.4 Å². The predicted molar refractivity (Wildman–Crippen MR) is 168 cm³/mol. The number of ether oxygens (including phenoxy) is 1. The lowest BCUT2D eigenvalue weighted by Gasteiger charge is -2.24. The van der Waals surface area contributed by atoms with Gasteiger partial charge < -0.3 is 15.0 Å². The van der Waals surface area contributed by atoms with Gasteiger partial charge in [-0.2, -0.15) is 0 Å². The average Bonchev–Trinajstić information content (AvgIpc) is 3.20. The molecular weight excluding hydrogens is 572 g/mol. The molecule has 11 heteroatoms. The average molecular weight is 609 g/mol. The normalized spacial score (nSPS) is 15.2. The second kappa shape index (κ2) is 14.4. The molecule has 1 saturated heterocycles.